The van der Waals surface area contributed by atoms with Gasteiger partial charge in [-0.1, -0.05) is 42.5 Å². The molecule has 3 heteroatoms. The predicted octanol–water partition coefficient (Wildman–Crippen LogP) is 4.68. The topological polar surface area (TPSA) is 38.3 Å². The molecule has 0 fully saturated rings. The van der Waals surface area contributed by atoms with E-state index in [4.69, 9.17) is 4.74 Å². The highest BCUT2D eigenvalue weighted by atomic mass is 16.5. The molecule has 1 aromatic carbocycles. The van der Waals surface area contributed by atoms with E-state index in [2.05, 4.69) is 11.9 Å². The van der Waals surface area contributed by atoms with E-state index in [1.807, 2.05) is 82.3 Å². The molecule has 1 aliphatic rings. The van der Waals surface area contributed by atoms with Crippen LogP contribution in [0.15, 0.2) is 72.7 Å². The highest BCUT2D eigenvalue weighted by Crippen LogP contribution is 2.23. The van der Waals surface area contributed by atoms with Crippen LogP contribution in [0.25, 0.3) is 0 Å². The van der Waals surface area contributed by atoms with Crippen molar-refractivity contribution < 1.29 is 9.53 Å². The average molecular weight is 323 g/mol. The molecule has 0 spiro atoms. The molecule has 0 saturated carbocycles. The molecule has 0 saturated heterocycles. The van der Waals surface area contributed by atoms with E-state index in [9.17, 15) is 4.79 Å². The molecule has 1 N–H and O–H groups in total. The van der Waals surface area contributed by atoms with E-state index in [1.54, 1.807) is 0 Å². The Hall–Kier alpha value is -2.55. The molecule has 3 nitrogen and oxygen atoms in total. The average Bonchev–Trinajstić information content (AvgIpc) is 2.72. The van der Waals surface area contributed by atoms with Crippen molar-refractivity contribution in [3.8, 4) is 0 Å². The van der Waals surface area contributed by atoms with Gasteiger partial charge in [0.2, 0.25) is 0 Å². The summed E-state index contributed by atoms with van der Waals surface area (Å²) in [7, 11) is 0. The van der Waals surface area contributed by atoms with Gasteiger partial charge in [-0.05, 0) is 52.0 Å². The first-order valence-corrected chi connectivity index (χ1v) is 8.07. The molecule has 0 aliphatic heterocycles. The number of benzene rings is 1. The number of rotatable bonds is 4. The molecule has 0 radical (unpaired) electrons. The van der Waals surface area contributed by atoms with Crippen LogP contribution in [0.3, 0.4) is 0 Å². The monoisotopic (exact) mass is 323 g/mol. The maximum Gasteiger partial charge on any atom is 0.255 e. The SMILES string of the molecule is C=C(OC(C)(C)C)C1C=CC=CC(NC(=O)c2ccc(C)cc2)=C1. The van der Waals surface area contributed by atoms with E-state index in [-0.39, 0.29) is 17.4 Å². The second kappa shape index (κ2) is 7.35. The number of nitrogens with one attached hydrogen (secondary N) is 1. The summed E-state index contributed by atoms with van der Waals surface area (Å²) in [4.78, 5) is 12.4. The molecule has 1 amide bonds. The maximum absolute atomic E-state index is 12.4. The minimum Gasteiger partial charge on any atom is -0.492 e. The molecule has 1 atom stereocenters. The van der Waals surface area contributed by atoms with Crippen LogP contribution in [0.1, 0.15) is 36.7 Å². The summed E-state index contributed by atoms with van der Waals surface area (Å²) in [5, 5.41) is 2.94. The van der Waals surface area contributed by atoms with Crippen LogP contribution >= 0.6 is 0 Å². The lowest BCUT2D eigenvalue weighted by Gasteiger charge is -2.25. The molecule has 24 heavy (non-hydrogen) atoms. The lowest BCUT2D eigenvalue weighted by Crippen LogP contribution is -2.23. The van der Waals surface area contributed by atoms with Gasteiger partial charge < -0.3 is 10.1 Å². The Labute approximate surface area is 144 Å². The molecular formula is C21H25NO2. The number of ether oxygens (including phenoxy) is 1. The first-order valence-electron chi connectivity index (χ1n) is 8.07. The van der Waals surface area contributed by atoms with Gasteiger partial charge in [-0.15, -0.1) is 0 Å². The van der Waals surface area contributed by atoms with Gasteiger partial charge in [0.15, 0.2) is 0 Å². The van der Waals surface area contributed by atoms with Crippen LogP contribution in [-0.4, -0.2) is 11.5 Å². The van der Waals surface area contributed by atoms with Crippen molar-refractivity contribution in [2.24, 2.45) is 5.92 Å². The molecule has 126 valence electrons. The fraction of sp³-hybridized carbons (Fsp3) is 0.286. The van der Waals surface area contributed by atoms with Crippen LogP contribution in [0.2, 0.25) is 0 Å². The lowest BCUT2D eigenvalue weighted by molar-refractivity contribution is 0.0440. The van der Waals surface area contributed by atoms with Crippen LogP contribution in [0, 0.1) is 12.8 Å². The molecular weight excluding hydrogens is 298 g/mol. The number of amides is 1. The zero-order valence-electron chi connectivity index (χ0n) is 14.8. The van der Waals surface area contributed by atoms with Crippen LogP contribution < -0.4 is 5.32 Å². The largest absolute Gasteiger partial charge is 0.492 e. The van der Waals surface area contributed by atoms with Crippen molar-refractivity contribution in [3.63, 3.8) is 0 Å². The van der Waals surface area contributed by atoms with Gasteiger partial charge in [-0.25, -0.2) is 0 Å². The summed E-state index contributed by atoms with van der Waals surface area (Å²) in [6.07, 6.45) is 9.64. The quantitative estimate of drug-likeness (QED) is 0.817. The molecule has 1 unspecified atom stereocenters. The molecule has 2 rings (SSSR count). The number of carbonyl (C=O) groups is 1. The molecule has 1 aliphatic carbocycles. The fourth-order valence-corrected chi connectivity index (χ4v) is 2.30. The highest BCUT2D eigenvalue weighted by molar-refractivity contribution is 5.95. The zero-order chi connectivity index (χ0) is 17.7. The van der Waals surface area contributed by atoms with Gasteiger partial charge in [-0.2, -0.15) is 0 Å². The Bertz CT molecular complexity index is 700. The molecule has 0 aromatic heterocycles. The summed E-state index contributed by atoms with van der Waals surface area (Å²) in [5.41, 5.74) is 2.19. The number of allylic oxidation sites excluding steroid dienone is 4. The minimum absolute atomic E-state index is 0.0902. The van der Waals surface area contributed by atoms with Gasteiger partial charge in [0, 0.05) is 11.3 Å². The van der Waals surface area contributed by atoms with E-state index < -0.39 is 0 Å². The normalized spacial score (nSPS) is 17.0. The third-order valence-corrected chi connectivity index (χ3v) is 3.45. The van der Waals surface area contributed by atoms with Crippen molar-refractivity contribution in [2.75, 3.05) is 0 Å². The van der Waals surface area contributed by atoms with E-state index >= 15 is 0 Å². The summed E-state index contributed by atoms with van der Waals surface area (Å²) in [6.45, 7) is 12.0. The Morgan fingerprint density at radius 3 is 2.46 bits per heavy atom. The first-order chi connectivity index (χ1) is 11.2. The smallest absolute Gasteiger partial charge is 0.255 e. The maximum atomic E-state index is 12.4. The minimum atomic E-state index is -0.302. The first kappa shape index (κ1) is 17.8. The second-order valence-electron chi connectivity index (χ2n) is 6.89. The fourth-order valence-electron chi connectivity index (χ4n) is 2.30. The van der Waals surface area contributed by atoms with Gasteiger partial charge in [0.05, 0.1) is 5.92 Å². The summed E-state index contributed by atoms with van der Waals surface area (Å²) >= 11 is 0. The Kier molecular flexibility index (Phi) is 5.45. The zero-order valence-corrected chi connectivity index (χ0v) is 14.8. The van der Waals surface area contributed by atoms with Crippen molar-refractivity contribution in [3.05, 3.63) is 83.8 Å². The van der Waals surface area contributed by atoms with Crippen molar-refractivity contribution >= 4 is 5.91 Å². The summed E-state index contributed by atoms with van der Waals surface area (Å²) in [5.74, 6) is 0.436. The van der Waals surface area contributed by atoms with E-state index in [0.29, 0.717) is 11.3 Å². The molecule has 1 aromatic rings. The van der Waals surface area contributed by atoms with E-state index in [1.165, 1.54) is 0 Å². The Morgan fingerprint density at radius 1 is 1.17 bits per heavy atom. The number of hydrogen-bond donors (Lipinski definition) is 1. The van der Waals surface area contributed by atoms with Crippen LogP contribution in [0.5, 0.6) is 0 Å². The van der Waals surface area contributed by atoms with Gasteiger partial charge >= 0.3 is 0 Å². The Morgan fingerprint density at radius 2 is 1.83 bits per heavy atom. The van der Waals surface area contributed by atoms with Crippen molar-refractivity contribution in [1.29, 1.82) is 0 Å². The lowest BCUT2D eigenvalue weighted by atomic mass is 10.1. The van der Waals surface area contributed by atoms with Gasteiger partial charge in [0.1, 0.15) is 11.4 Å². The second-order valence-corrected chi connectivity index (χ2v) is 6.89. The summed E-state index contributed by atoms with van der Waals surface area (Å²) < 4.78 is 5.85. The van der Waals surface area contributed by atoms with Crippen molar-refractivity contribution in [2.45, 2.75) is 33.3 Å². The summed E-state index contributed by atoms with van der Waals surface area (Å²) in [6, 6.07) is 7.50. The predicted molar refractivity (Wildman–Crippen MR) is 98.5 cm³/mol. The standard InChI is InChI=1S/C21H25NO2/c1-15-10-12-17(13-11-15)20(23)22-19-9-7-6-8-18(14-19)16(2)24-21(3,4)5/h6-14,18H,2H2,1,3-5H3,(H,22,23). The van der Waals surface area contributed by atoms with Crippen molar-refractivity contribution in [1.82, 2.24) is 5.32 Å². The molecule has 0 heterocycles. The van der Waals surface area contributed by atoms with Crippen LogP contribution in [0.4, 0.5) is 0 Å². The van der Waals surface area contributed by atoms with Gasteiger partial charge in [-0.3, -0.25) is 4.79 Å². The number of aryl methyl sites for hydroxylation is 1. The Balaban J connectivity index is 2.12. The third-order valence-electron chi connectivity index (χ3n) is 3.45. The third kappa shape index (κ3) is 5.27. The molecule has 0 bridgehead atoms. The highest BCUT2D eigenvalue weighted by Gasteiger charge is 2.18. The van der Waals surface area contributed by atoms with E-state index in [0.717, 1.165) is 11.3 Å². The number of carbonyl (C=O) groups excluding carboxylic acids is 1. The van der Waals surface area contributed by atoms with Crippen LogP contribution in [-0.2, 0) is 4.74 Å². The van der Waals surface area contributed by atoms with Gasteiger partial charge in [0.25, 0.3) is 5.91 Å². The number of hydrogen-bond acceptors (Lipinski definition) is 2.